The third-order valence-electron chi connectivity index (χ3n) is 4.09. The number of benzene rings is 1. The van der Waals surface area contributed by atoms with E-state index in [1.807, 2.05) is 24.3 Å². The van der Waals surface area contributed by atoms with E-state index in [1.54, 1.807) is 0 Å². The molecule has 2 atom stereocenters. The predicted octanol–water partition coefficient (Wildman–Crippen LogP) is 3.15. The molecule has 2 rings (SSSR count). The lowest BCUT2D eigenvalue weighted by molar-refractivity contribution is 0.144. The maximum Gasteiger partial charge on any atom is 0.120 e. The first-order valence-corrected chi connectivity index (χ1v) is 8.32. The number of hydrogen-bond acceptors (Lipinski definition) is 3. The predicted molar refractivity (Wildman–Crippen MR) is 87.3 cm³/mol. The Bertz CT molecular complexity index is 413. The molecule has 1 aromatic rings. The van der Waals surface area contributed by atoms with Crippen molar-refractivity contribution >= 4 is 15.9 Å². The van der Waals surface area contributed by atoms with Crippen LogP contribution >= 0.6 is 15.9 Å². The molecule has 0 spiro atoms. The van der Waals surface area contributed by atoms with Gasteiger partial charge in [0.15, 0.2) is 0 Å². The molecule has 1 saturated heterocycles. The van der Waals surface area contributed by atoms with E-state index in [0.29, 0.717) is 6.04 Å². The Morgan fingerprint density at radius 3 is 3.10 bits per heavy atom. The quantitative estimate of drug-likeness (QED) is 0.860. The van der Waals surface area contributed by atoms with Crippen LogP contribution in [-0.4, -0.2) is 43.7 Å². The Morgan fingerprint density at radius 1 is 1.50 bits per heavy atom. The van der Waals surface area contributed by atoms with Crippen molar-refractivity contribution in [3.05, 3.63) is 28.7 Å². The van der Waals surface area contributed by atoms with E-state index in [2.05, 4.69) is 40.0 Å². The molecular weight excluding hydrogens is 316 g/mol. The summed E-state index contributed by atoms with van der Waals surface area (Å²) in [5.74, 6) is 1.68. The van der Waals surface area contributed by atoms with Gasteiger partial charge in [0.25, 0.3) is 0 Å². The molecule has 2 unspecified atom stereocenters. The van der Waals surface area contributed by atoms with Crippen LogP contribution in [0.25, 0.3) is 0 Å². The fourth-order valence-electron chi connectivity index (χ4n) is 2.56. The van der Waals surface area contributed by atoms with Gasteiger partial charge < -0.3 is 10.1 Å². The van der Waals surface area contributed by atoms with Gasteiger partial charge in [-0.15, -0.1) is 0 Å². The molecule has 1 heterocycles. The molecule has 0 aliphatic carbocycles. The lowest BCUT2D eigenvalue weighted by atomic mass is 9.97. The minimum atomic E-state index is 0.625. The van der Waals surface area contributed by atoms with E-state index in [0.717, 1.165) is 48.9 Å². The minimum Gasteiger partial charge on any atom is -0.492 e. The summed E-state index contributed by atoms with van der Waals surface area (Å²) < 4.78 is 6.88. The summed E-state index contributed by atoms with van der Waals surface area (Å²) in [5.41, 5.74) is 0. The first-order valence-electron chi connectivity index (χ1n) is 7.53. The van der Waals surface area contributed by atoms with Crippen molar-refractivity contribution in [2.24, 2.45) is 5.92 Å². The third-order valence-corrected chi connectivity index (χ3v) is 4.59. The largest absolute Gasteiger partial charge is 0.492 e. The highest BCUT2D eigenvalue weighted by Crippen LogP contribution is 2.18. The number of hydrogen-bond donors (Lipinski definition) is 1. The molecule has 3 nitrogen and oxygen atoms in total. The number of nitrogens with zero attached hydrogens (tertiary/aromatic N) is 1. The summed E-state index contributed by atoms with van der Waals surface area (Å²) in [5, 5.41) is 3.63. The summed E-state index contributed by atoms with van der Waals surface area (Å²) in [4.78, 5) is 2.51. The van der Waals surface area contributed by atoms with E-state index in [4.69, 9.17) is 4.74 Å². The van der Waals surface area contributed by atoms with Crippen molar-refractivity contribution in [3.8, 4) is 5.75 Å². The van der Waals surface area contributed by atoms with Crippen molar-refractivity contribution in [3.63, 3.8) is 0 Å². The zero-order chi connectivity index (χ0) is 14.4. The molecular formula is C16H25BrN2O. The van der Waals surface area contributed by atoms with Crippen LogP contribution in [0.3, 0.4) is 0 Å². The highest BCUT2D eigenvalue weighted by atomic mass is 79.9. The standard InChI is InChI=1S/C16H25BrN2O/c1-3-13(2)16-12-19(8-7-18-16)9-10-20-15-6-4-5-14(17)11-15/h4-6,11,13,16,18H,3,7-10,12H2,1-2H3. The van der Waals surface area contributed by atoms with Crippen LogP contribution in [0.1, 0.15) is 20.3 Å². The number of ether oxygens (including phenoxy) is 1. The van der Waals surface area contributed by atoms with Gasteiger partial charge in [0.2, 0.25) is 0 Å². The van der Waals surface area contributed by atoms with Crippen molar-refractivity contribution in [1.82, 2.24) is 10.2 Å². The van der Waals surface area contributed by atoms with Crippen LogP contribution in [0.4, 0.5) is 0 Å². The summed E-state index contributed by atoms with van der Waals surface area (Å²) in [7, 11) is 0. The van der Waals surface area contributed by atoms with Crippen LogP contribution in [0.15, 0.2) is 28.7 Å². The second kappa shape index (κ2) is 8.01. The Morgan fingerprint density at radius 2 is 2.35 bits per heavy atom. The lowest BCUT2D eigenvalue weighted by Gasteiger charge is -2.36. The molecule has 4 heteroatoms. The molecule has 1 aromatic carbocycles. The molecule has 0 bridgehead atoms. The van der Waals surface area contributed by atoms with E-state index in [-0.39, 0.29) is 0 Å². The van der Waals surface area contributed by atoms with Gasteiger partial charge in [-0.3, -0.25) is 4.90 Å². The second-order valence-corrected chi connectivity index (χ2v) is 6.47. The first kappa shape index (κ1) is 15.8. The number of halogens is 1. The summed E-state index contributed by atoms with van der Waals surface area (Å²) >= 11 is 3.46. The number of piperazine rings is 1. The molecule has 1 aliphatic rings. The van der Waals surface area contributed by atoms with Crippen LogP contribution in [0.2, 0.25) is 0 Å². The zero-order valence-electron chi connectivity index (χ0n) is 12.4. The first-order chi connectivity index (χ1) is 9.69. The Labute approximate surface area is 130 Å². The van der Waals surface area contributed by atoms with Crippen molar-refractivity contribution in [2.75, 3.05) is 32.8 Å². The smallest absolute Gasteiger partial charge is 0.120 e. The fraction of sp³-hybridized carbons (Fsp3) is 0.625. The monoisotopic (exact) mass is 340 g/mol. The molecule has 1 N–H and O–H groups in total. The number of nitrogens with one attached hydrogen (secondary N) is 1. The molecule has 112 valence electrons. The fourth-order valence-corrected chi connectivity index (χ4v) is 2.94. The molecule has 0 amide bonds. The van der Waals surface area contributed by atoms with Gasteiger partial charge in [-0.1, -0.05) is 42.3 Å². The Hall–Kier alpha value is -0.580. The van der Waals surface area contributed by atoms with Gasteiger partial charge in [-0.2, -0.15) is 0 Å². The minimum absolute atomic E-state index is 0.625. The van der Waals surface area contributed by atoms with Crippen LogP contribution in [-0.2, 0) is 0 Å². The van der Waals surface area contributed by atoms with Gasteiger partial charge in [0.05, 0.1) is 0 Å². The van der Waals surface area contributed by atoms with Crippen LogP contribution < -0.4 is 10.1 Å². The van der Waals surface area contributed by atoms with Gasteiger partial charge in [-0.05, 0) is 24.1 Å². The van der Waals surface area contributed by atoms with Crippen molar-refractivity contribution in [2.45, 2.75) is 26.3 Å². The molecule has 0 aromatic heterocycles. The molecule has 0 saturated carbocycles. The highest BCUT2D eigenvalue weighted by Gasteiger charge is 2.22. The molecule has 1 aliphatic heterocycles. The van der Waals surface area contributed by atoms with E-state index in [1.165, 1.54) is 6.42 Å². The van der Waals surface area contributed by atoms with Gasteiger partial charge >= 0.3 is 0 Å². The maximum absolute atomic E-state index is 5.82. The van der Waals surface area contributed by atoms with E-state index < -0.39 is 0 Å². The zero-order valence-corrected chi connectivity index (χ0v) is 14.0. The molecule has 0 radical (unpaired) electrons. The van der Waals surface area contributed by atoms with E-state index in [9.17, 15) is 0 Å². The summed E-state index contributed by atoms with van der Waals surface area (Å²) in [6.45, 7) is 9.70. The SMILES string of the molecule is CCC(C)C1CN(CCOc2cccc(Br)c2)CCN1. The average molecular weight is 341 g/mol. The second-order valence-electron chi connectivity index (χ2n) is 5.55. The van der Waals surface area contributed by atoms with Gasteiger partial charge in [0, 0.05) is 36.7 Å². The van der Waals surface area contributed by atoms with E-state index >= 15 is 0 Å². The summed E-state index contributed by atoms with van der Waals surface area (Å²) in [6, 6.07) is 8.66. The van der Waals surface area contributed by atoms with Crippen molar-refractivity contribution in [1.29, 1.82) is 0 Å². The van der Waals surface area contributed by atoms with Crippen LogP contribution in [0.5, 0.6) is 5.75 Å². The maximum atomic E-state index is 5.82. The summed E-state index contributed by atoms with van der Waals surface area (Å²) in [6.07, 6.45) is 1.24. The Balaban J connectivity index is 1.73. The van der Waals surface area contributed by atoms with Gasteiger partial charge in [0.1, 0.15) is 12.4 Å². The number of rotatable bonds is 6. The van der Waals surface area contributed by atoms with Crippen molar-refractivity contribution < 1.29 is 4.74 Å². The highest BCUT2D eigenvalue weighted by molar-refractivity contribution is 9.10. The topological polar surface area (TPSA) is 24.5 Å². The lowest BCUT2D eigenvalue weighted by Crippen LogP contribution is -2.53. The van der Waals surface area contributed by atoms with Gasteiger partial charge in [-0.25, -0.2) is 0 Å². The molecule has 20 heavy (non-hydrogen) atoms. The van der Waals surface area contributed by atoms with Crippen LogP contribution in [0, 0.1) is 5.92 Å². The Kier molecular flexibility index (Phi) is 6.33. The normalized spacial score (nSPS) is 21.6. The third kappa shape index (κ3) is 4.76. The average Bonchev–Trinajstić information content (AvgIpc) is 2.47. The molecule has 1 fully saturated rings.